The Labute approximate surface area is 215 Å². The minimum absolute atomic E-state index is 0.0512. The third kappa shape index (κ3) is 13.9. The Kier molecular flexibility index (Phi) is 12.5. The van der Waals surface area contributed by atoms with Crippen molar-refractivity contribution in [3.05, 3.63) is 29.3 Å². The molecule has 14 heteroatoms. The number of aryl methyl sites for hydroxylation is 1. The van der Waals surface area contributed by atoms with Gasteiger partial charge in [0.1, 0.15) is 5.60 Å². The van der Waals surface area contributed by atoms with E-state index in [1.54, 1.807) is 31.7 Å². The highest BCUT2D eigenvalue weighted by Crippen LogP contribution is 2.29. The van der Waals surface area contributed by atoms with Crippen LogP contribution in [0.25, 0.3) is 0 Å². The minimum Gasteiger partial charge on any atom is -0.460 e. The average Bonchev–Trinajstić information content (AvgIpc) is 2.69. The molecule has 1 atom stereocenters. The number of hydrogen-bond acceptors (Lipinski definition) is 11. The van der Waals surface area contributed by atoms with Gasteiger partial charge in [-0.2, -0.15) is 16.8 Å². The van der Waals surface area contributed by atoms with Crippen molar-refractivity contribution in [1.82, 2.24) is 5.23 Å². The van der Waals surface area contributed by atoms with E-state index in [1.807, 2.05) is 19.1 Å². The van der Waals surface area contributed by atoms with E-state index in [9.17, 15) is 26.4 Å². The number of ether oxygens (including phenoxy) is 1. The second kappa shape index (κ2) is 14.1. The Morgan fingerprint density at radius 3 is 2.11 bits per heavy atom. The van der Waals surface area contributed by atoms with Gasteiger partial charge in [0, 0.05) is 24.7 Å². The molecule has 0 aliphatic carbocycles. The number of nitrogens with one attached hydrogen (secondary N) is 1. The largest absolute Gasteiger partial charge is 0.460 e. The van der Waals surface area contributed by atoms with Crippen molar-refractivity contribution in [2.75, 3.05) is 50.3 Å². The molecule has 0 aliphatic rings. The van der Waals surface area contributed by atoms with Gasteiger partial charge < -0.3 is 19.7 Å². The molecule has 0 aromatic heterocycles. The summed E-state index contributed by atoms with van der Waals surface area (Å²) in [6.07, 6.45) is 2.55. The van der Waals surface area contributed by atoms with Gasteiger partial charge in [-0.05, 0) is 57.5 Å². The number of benzene rings is 1. The second-order valence-corrected chi connectivity index (χ2v) is 12.6. The molecule has 0 aliphatic heterocycles. The quantitative estimate of drug-likeness (QED) is 0.104. The van der Waals surface area contributed by atoms with E-state index in [0.29, 0.717) is 11.9 Å². The van der Waals surface area contributed by atoms with Crippen LogP contribution in [-0.4, -0.2) is 87.4 Å². The molecule has 0 fully saturated rings. The van der Waals surface area contributed by atoms with Gasteiger partial charge in [-0.3, -0.25) is 13.2 Å². The Morgan fingerprint density at radius 1 is 1.08 bits per heavy atom. The second-order valence-electron chi connectivity index (χ2n) is 9.28. The molecule has 1 N–H and O–H groups in total. The minimum atomic E-state index is -3.66. The van der Waals surface area contributed by atoms with Gasteiger partial charge in [-0.1, -0.05) is 6.07 Å². The summed E-state index contributed by atoms with van der Waals surface area (Å²) in [7, 11) is -6.07. The van der Waals surface area contributed by atoms with E-state index in [0.717, 1.165) is 23.6 Å². The first-order valence-corrected chi connectivity index (χ1v) is 14.9. The lowest BCUT2D eigenvalue weighted by Crippen LogP contribution is -2.33. The molecule has 1 unspecified atom stereocenters. The highest BCUT2D eigenvalue weighted by molar-refractivity contribution is 7.86. The molecule has 0 spiro atoms. The van der Waals surface area contributed by atoms with Crippen LogP contribution in [0.15, 0.2) is 18.2 Å². The zero-order valence-corrected chi connectivity index (χ0v) is 23.3. The predicted molar refractivity (Wildman–Crippen MR) is 139 cm³/mol. The Hall–Kier alpha value is -2.00. The Morgan fingerprint density at radius 2 is 1.64 bits per heavy atom. The maximum Gasteiger partial charge on any atom is 0.306 e. The van der Waals surface area contributed by atoms with Gasteiger partial charge in [-0.15, -0.1) is 0 Å². The van der Waals surface area contributed by atoms with E-state index in [2.05, 4.69) is 5.23 Å². The molecule has 0 heterocycles. The van der Waals surface area contributed by atoms with Crippen molar-refractivity contribution >= 4 is 45.5 Å². The standard InChI is InChI=1S/C22H36BN2O9S2/c1-17-7-8-19(25(9-11-32-35(5,28)29)10-12-33-36(6,30)31)14-20(17)18(15-24-23-16-26)13-21(27)34-22(2,3)4/h7-8,14,16,18,24H,9-13,15H2,1-6H3. The van der Waals surface area contributed by atoms with Crippen LogP contribution in [0.5, 0.6) is 0 Å². The maximum absolute atomic E-state index is 12.6. The Bertz CT molecular complexity index is 1050. The summed E-state index contributed by atoms with van der Waals surface area (Å²) in [4.78, 5) is 25.1. The molecular weight excluding hydrogens is 511 g/mol. The molecule has 1 rings (SSSR count). The topological polar surface area (TPSA) is 145 Å². The third-order valence-corrected chi connectivity index (χ3v) is 5.96. The van der Waals surface area contributed by atoms with E-state index in [-0.39, 0.29) is 45.2 Å². The molecule has 11 nitrogen and oxygen atoms in total. The van der Waals surface area contributed by atoms with Crippen LogP contribution >= 0.6 is 0 Å². The summed E-state index contributed by atoms with van der Waals surface area (Å²) in [6.45, 7) is 7.46. The van der Waals surface area contributed by atoms with Crippen molar-refractivity contribution in [1.29, 1.82) is 0 Å². The number of carbonyl (C=O) groups excluding carboxylic acids is 2. The smallest absolute Gasteiger partial charge is 0.306 e. The zero-order chi connectivity index (χ0) is 27.6. The molecule has 1 aromatic carbocycles. The van der Waals surface area contributed by atoms with Crippen molar-refractivity contribution in [3.8, 4) is 0 Å². The lowest BCUT2D eigenvalue weighted by atomic mass is 9.88. The zero-order valence-electron chi connectivity index (χ0n) is 21.6. The van der Waals surface area contributed by atoms with Crippen LogP contribution in [0.1, 0.15) is 44.2 Å². The number of carbonyl (C=O) groups is 2. The number of esters is 1. The van der Waals surface area contributed by atoms with Crippen LogP contribution in [0.2, 0.25) is 0 Å². The van der Waals surface area contributed by atoms with Crippen LogP contribution in [0.4, 0.5) is 5.69 Å². The molecule has 203 valence electrons. The fourth-order valence-electron chi connectivity index (χ4n) is 3.37. The number of nitrogens with zero attached hydrogens (tertiary/aromatic N) is 1. The number of hydrogen-bond donors (Lipinski definition) is 1. The SMILES string of the molecule is Cc1ccc(N(CCOS(C)(=O)=O)CCOS(C)(=O)=O)cc1C(CN[B]C=O)CC(=O)OC(C)(C)C. The first-order chi connectivity index (χ1) is 16.5. The fourth-order valence-corrected chi connectivity index (χ4v) is 4.12. The summed E-state index contributed by atoms with van der Waals surface area (Å²) < 4.78 is 60.7. The lowest BCUT2D eigenvalue weighted by Gasteiger charge is -2.27. The van der Waals surface area contributed by atoms with Crippen LogP contribution in [-0.2, 0) is 42.9 Å². The van der Waals surface area contributed by atoms with Gasteiger partial charge in [0.2, 0.25) is 0 Å². The first-order valence-electron chi connectivity index (χ1n) is 11.3. The predicted octanol–water partition coefficient (Wildman–Crippen LogP) is 0.968. The van der Waals surface area contributed by atoms with Crippen LogP contribution in [0, 0.1) is 6.92 Å². The van der Waals surface area contributed by atoms with Gasteiger partial charge >= 0.3 is 5.97 Å². The maximum atomic E-state index is 12.6. The highest BCUT2D eigenvalue weighted by atomic mass is 32.2. The van der Waals surface area contributed by atoms with Crippen molar-refractivity contribution in [2.24, 2.45) is 0 Å². The average molecular weight is 547 g/mol. The summed E-state index contributed by atoms with van der Waals surface area (Å²) in [6, 6.07) is 5.49. The third-order valence-electron chi connectivity index (χ3n) is 4.77. The van der Waals surface area contributed by atoms with E-state index >= 15 is 0 Å². The van der Waals surface area contributed by atoms with Crippen molar-refractivity contribution < 1.29 is 39.5 Å². The Balaban J connectivity index is 3.25. The van der Waals surface area contributed by atoms with E-state index in [4.69, 9.17) is 13.1 Å². The fraction of sp³-hybridized carbons (Fsp3) is 0.636. The van der Waals surface area contributed by atoms with Gasteiger partial charge in [0.15, 0.2) is 0 Å². The van der Waals surface area contributed by atoms with Gasteiger partial charge in [-0.25, -0.2) is 0 Å². The van der Waals surface area contributed by atoms with E-state index in [1.165, 1.54) is 7.41 Å². The summed E-state index contributed by atoms with van der Waals surface area (Å²) >= 11 is 0. The molecule has 1 radical (unpaired) electrons. The number of rotatable bonds is 16. The summed E-state index contributed by atoms with van der Waals surface area (Å²) in [5.41, 5.74) is 1.69. The van der Waals surface area contributed by atoms with Crippen molar-refractivity contribution in [3.63, 3.8) is 0 Å². The van der Waals surface area contributed by atoms with Crippen molar-refractivity contribution in [2.45, 2.75) is 45.6 Å². The lowest BCUT2D eigenvalue weighted by molar-refractivity contribution is -0.155. The molecular formula is C22H36BN2O9S2. The highest BCUT2D eigenvalue weighted by Gasteiger charge is 2.24. The molecule has 0 saturated heterocycles. The molecule has 1 aromatic rings. The normalized spacial score (nSPS) is 13.2. The first kappa shape index (κ1) is 32.0. The molecule has 0 amide bonds. The molecule has 36 heavy (non-hydrogen) atoms. The molecule has 0 saturated carbocycles. The summed E-state index contributed by atoms with van der Waals surface area (Å²) in [5, 5.41) is 2.89. The van der Waals surface area contributed by atoms with Gasteiger partial charge in [0.25, 0.3) is 27.7 Å². The van der Waals surface area contributed by atoms with Crippen LogP contribution in [0.3, 0.4) is 0 Å². The van der Waals surface area contributed by atoms with Crippen LogP contribution < -0.4 is 10.1 Å². The van der Waals surface area contributed by atoms with Gasteiger partial charge in [0.05, 0.1) is 38.3 Å². The monoisotopic (exact) mass is 547 g/mol. The molecule has 0 bridgehead atoms. The number of anilines is 1. The van der Waals surface area contributed by atoms with E-state index < -0.39 is 31.8 Å². The summed E-state index contributed by atoms with van der Waals surface area (Å²) in [5.74, 6) is -0.748.